The van der Waals surface area contributed by atoms with Crippen molar-refractivity contribution in [1.29, 1.82) is 5.26 Å². The average molecular weight is 426 g/mol. The number of nitrogens with one attached hydrogen (secondary N) is 1. The number of fused-ring (bicyclic) bond motifs is 1. The minimum absolute atomic E-state index is 0.0345. The lowest BCUT2D eigenvalue weighted by Crippen LogP contribution is -2.52. The zero-order chi connectivity index (χ0) is 21.8. The van der Waals surface area contributed by atoms with Crippen molar-refractivity contribution >= 4 is 5.91 Å². The van der Waals surface area contributed by atoms with Crippen LogP contribution in [-0.2, 0) is 9.53 Å². The Kier molecular flexibility index (Phi) is 7.24. The molecule has 0 aromatic heterocycles. The van der Waals surface area contributed by atoms with Gasteiger partial charge in [0.2, 0.25) is 5.91 Å². The van der Waals surface area contributed by atoms with E-state index in [1.807, 2.05) is 17.1 Å². The van der Waals surface area contributed by atoms with E-state index in [-0.39, 0.29) is 30.6 Å². The number of hydrogen-bond donors (Lipinski definition) is 3. The zero-order valence-electron chi connectivity index (χ0n) is 18.2. The highest BCUT2D eigenvalue weighted by Gasteiger charge is 2.38. The summed E-state index contributed by atoms with van der Waals surface area (Å²) in [6.07, 6.45) is 13.5. The number of nitrogens with two attached hydrogens (primary N) is 2. The third-order valence-electron chi connectivity index (χ3n) is 7.25. The Morgan fingerprint density at radius 2 is 2.10 bits per heavy atom. The zero-order valence-corrected chi connectivity index (χ0v) is 18.2. The molecule has 5 atom stereocenters. The van der Waals surface area contributed by atoms with Crippen molar-refractivity contribution in [2.45, 2.75) is 50.4 Å². The van der Waals surface area contributed by atoms with Gasteiger partial charge in [0.1, 0.15) is 0 Å². The van der Waals surface area contributed by atoms with Crippen molar-refractivity contribution in [2.24, 2.45) is 29.2 Å². The van der Waals surface area contributed by atoms with Gasteiger partial charge < -0.3 is 26.4 Å². The van der Waals surface area contributed by atoms with E-state index in [1.165, 1.54) is 11.1 Å². The minimum Gasteiger partial charge on any atom is -0.374 e. The van der Waals surface area contributed by atoms with Crippen molar-refractivity contribution in [3.05, 3.63) is 35.5 Å². The van der Waals surface area contributed by atoms with Gasteiger partial charge in [0.15, 0.2) is 0 Å². The highest BCUT2D eigenvalue weighted by Crippen LogP contribution is 2.40. The maximum absolute atomic E-state index is 12.3. The molecule has 0 aromatic carbocycles. The highest BCUT2D eigenvalue weighted by molar-refractivity contribution is 5.82. The lowest BCUT2D eigenvalue weighted by atomic mass is 9.72. The second kappa shape index (κ2) is 10.1. The van der Waals surface area contributed by atoms with Crippen molar-refractivity contribution in [3.8, 4) is 6.07 Å². The summed E-state index contributed by atoms with van der Waals surface area (Å²) in [4.78, 5) is 14.1. The molecule has 0 spiro atoms. The fourth-order valence-corrected chi connectivity index (χ4v) is 5.40. The monoisotopic (exact) mass is 425 g/mol. The first-order valence-electron chi connectivity index (χ1n) is 11.7. The number of nitrogens with zero attached hydrogens (tertiary/aromatic N) is 2. The largest absolute Gasteiger partial charge is 0.374 e. The van der Waals surface area contributed by atoms with E-state index in [1.54, 1.807) is 0 Å². The van der Waals surface area contributed by atoms with Crippen molar-refractivity contribution in [3.63, 3.8) is 0 Å². The van der Waals surface area contributed by atoms with Gasteiger partial charge in [-0.05, 0) is 55.7 Å². The van der Waals surface area contributed by atoms with Crippen LogP contribution >= 0.6 is 0 Å². The van der Waals surface area contributed by atoms with Gasteiger partial charge in [-0.2, -0.15) is 5.26 Å². The number of allylic oxidation sites excluding steroid dienone is 5. The molecule has 7 nitrogen and oxygen atoms in total. The molecule has 0 radical (unpaired) electrons. The quantitative estimate of drug-likeness (QED) is 0.610. The molecule has 168 valence electrons. The molecule has 7 heteroatoms. The molecular weight excluding hydrogens is 390 g/mol. The minimum atomic E-state index is -0.604. The summed E-state index contributed by atoms with van der Waals surface area (Å²) < 4.78 is 6.71. The van der Waals surface area contributed by atoms with Crippen molar-refractivity contribution < 1.29 is 9.53 Å². The van der Waals surface area contributed by atoms with Crippen LogP contribution in [0.15, 0.2) is 35.5 Å². The summed E-state index contributed by atoms with van der Waals surface area (Å²) in [7, 11) is 0. The van der Waals surface area contributed by atoms with Gasteiger partial charge in [-0.1, -0.05) is 24.3 Å². The number of carbonyl (C=O) groups is 1. The summed E-state index contributed by atoms with van der Waals surface area (Å²) in [6.45, 7) is 3.57. The second-order valence-corrected chi connectivity index (χ2v) is 9.27. The predicted molar refractivity (Wildman–Crippen MR) is 120 cm³/mol. The molecule has 4 rings (SSSR count). The molecule has 0 bridgehead atoms. The fraction of sp³-hybridized carbons (Fsp3) is 0.667. The van der Waals surface area contributed by atoms with Crippen LogP contribution in [0.4, 0.5) is 0 Å². The van der Waals surface area contributed by atoms with E-state index in [0.29, 0.717) is 24.9 Å². The Labute approximate surface area is 185 Å². The van der Waals surface area contributed by atoms with Gasteiger partial charge >= 0.3 is 0 Å². The number of piperidine rings is 2. The molecule has 31 heavy (non-hydrogen) atoms. The van der Waals surface area contributed by atoms with Crippen LogP contribution in [0, 0.1) is 29.1 Å². The summed E-state index contributed by atoms with van der Waals surface area (Å²) in [5, 5.41) is 12.9. The SMILES string of the molecule is N#CC1C=CC=C(C2=CC3CCNCC3C(OC3CCN(C(=O)C(N)CN)CC3)C2)C1. The number of hydrogen-bond acceptors (Lipinski definition) is 6. The van der Waals surface area contributed by atoms with E-state index in [9.17, 15) is 10.1 Å². The maximum atomic E-state index is 12.3. The molecule has 5 unspecified atom stereocenters. The van der Waals surface area contributed by atoms with E-state index in [0.717, 1.165) is 45.2 Å². The topological polar surface area (TPSA) is 117 Å². The van der Waals surface area contributed by atoms with Gasteiger partial charge in [0, 0.05) is 32.1 Å². The lowest BCUT2D eigenvalue weighted by molar-refractivity contribution is -0.137. The molecule has 1 amide bonds. The Morgan fingerprint density at radius 1 is 1.29 bits per heavy atom. The Hall–Kier alpha value is -1.98. The number of likely N-dealkylation sites (tertiary alicyclic amines) is 1. The van der Waals surface area contributed by atoms with E-state index in [4.69, 9.17) is 16.2 Å². The third kappa shape index (κ3) is 5.09. The van der Waals surface area contributed by atoms with E-state index in [2.05, 4.69) is 23.5 Å². The molecule has 0 aromatic rings. The van der Waals surface area contributed by atoms with Crippen molar-refractivity contribution in [2.75, 3.05) is 32.7 Å². The van der Waals surface area contributed by atoms with E-state index < -0.39 is 6.04 Å². The van der Waals surface area contributed by atoms with Gasteiger partial charge in [-0.15, -0.1) is 0 Å². The normalized spacial score (nSPS) is 32.5. The van der Waals surface area contributed by atoms with Crippen LogP contribution in [0.3, 0.4) is 0 Å². The number of amides is 1. The summed E-state index contributed by atoms with van der Waals surface area (Å²) in [5.74, 6) is 0.915. The van der Waals surface area contributed by atoms with Crippen molar-refractivity contribution in [1.82, 2.24) is 10.2 Å². The first kappa shape index (κ1) is 22.2. The standard InChI is InChI=1S/C24H35N5O2/c25-13-16-2-1-3-17(10-16)19-11-18-4-7-28-15-21(18)23(12-19)31-20-5-8-29(9-6-20)24(30)22(27)14-26/h1-3,11,16,18,20-23,28H,4-10,12,14-15,26-27H2. The summed E-state index contributed by atoms with van der Waals surface area (Å²) in [5.41, 5.74) is 14.0. The first-order valence-corrected chi connectivity index (χ1v) is 11.7. The first-order chi connectivity index (χ1) is 15.1. The second-order valence-electron chi connectivity index (χ2n) is 9.27. The summed E-state index contributed by atoms with van der Waals surface area (Å²) >= 11 is 0. The van der Waals surface area contributed by atoms with Crippen LogP contribution in [0.1, 0.15) is 32.1 Å². The molecule has 2 heterocycles. The smallest absolute Gasteiger partial charge is 0.240 e. The van der Waals surface area contributed by atoms with Gasteiger partial charge in [0.25, 0.3) is 0 Å². The molecule has 2 aliphatic heterocycles. The molecule has 0 saturated carbocycles. The number of rotatable bonds is 5. The van der Waals surface area contributed by atoms with Gasteiger partial charge in [-0.3, -0.25) is 4.79 Å². The number of ether oxygens (including phenoxy) is 1. The van der Waals surface area contributed by atoms with Crippen LogP contribution in [0.2, 0.25) is 0 Å². The number of nitriles is 1. The lowest BCUT2D eigenvalue weighted by Gasteiger charge is -2.43. The Morgan fingerprint density at radius 3 is 2.84 bits per heavy atom. The van der Waals surface area contributed by atoms with Gasteiger partial charge in [0.05, 0.1) is 30.2 Å². The Balaban J connectivity index is 1.40. The van der Waals surface area contributed by atoms with Crippen LogP contribution < -0.4 is 16.8 Å². The molecular formula is C24H35N5O2. The molecule has 2 saturated heterocycles. The van der Waals surface area contributed by atoms with E-state index >= 15 is 0 Å². The average Bonchev–Trinajstić information content (AvgIpc) is 2.83. The molecule has 4 aliphatic rings. The number of carbonyl (C=O) groups excluding carboxylic acids is 1. The summed E-state index contributed by atoms with van der Waals surface area (Å²) in [6, 6.07) is 1.78. The van der Waals surface area contributed by atoms with Crippen LogP contribution in [0.25, 0.3) is 0 Å². The molecule has 2 aliphatic carbocycles. The third-order valence-corrected chi connectivity index (χ3v) is 7.25. The predicted octanol–water partition coefficient (Wildman–Crippen LogP) is 1.23. The van der Waals surface area contributed by atoms with Crippen LogP contribution in [0.5, 0.6) is 0 Å². The fourth-order valence-electron chi connectivity index (χ4n) is 5.40. The maximum Gasteiger partial charge on any atom is 0.240 e. The Bertz CT molecular complexity index is 790. The van der Waals surface area contributed by atoms with Gasteiger partial charge in [-0.25, -0.2) is 0 Å². The molecule has 2 fully saturated rings. The highest BCUT2D eigenvalue weighted by atomic mass is 16.5. The molecule has 5 N–H and O–H groups in total. The van der Waals surface area contributed by atoms with Crippen LogP contribution in [-0.4, -0.2) is 61.8 Å².